The Hall–Kier alpha value is -1.99. The van der Waals surface area contributed by atoms with Crippen LogP contribution in [0.4, 0.5) is 5.69 Å². The Labute approximate surface area is 118 Å². The Balaban J connectivity index is 2.69. The highest BCUT2D eigenvalue weighted by molar-refractivity contribution is 7.90. The van der Waals surface area contributed by atoms with E-state index in [1.165, 1.54) is 30.3 Å². The topological polar surface area (TPSA) is 78.8 Å². The monoisotopic (exact) mass is 295 g/mol. The van der Waals surface area contributed by atoms with Crippen LogP contribution >= 0.6 is 0 Å². The van der Waals surface area contributed by atoms with Gasteiger partial charge in [-0.3, -0.25) is 4.79 Å². The minimum atomic E-state index is -3.69. The molecule has 0 aromatic heterocycles. The van der Waals surface area contributed by atoms with Crippen LogP contribution in [0.2, 0.25) is 0 Å². The van der Waals surface area contributed by atoms with Gasteiger partial charge in [0.15, 0.2) is 0 Å². The quantitative estimate of drug-likeness (QED) is 0.630. The van der Waals surface area contributed by atoms with Crippen molar-refractivity contribution in [3.8, 4) is 0 Å². The summed E-state index contributed by atoms with van der Waals surface area (Å²) in [6.45, 7) is 3.67. The largest absolute Gasteiger partial charge is 0.323 e. The fourth-order valence-corrected chi connectivity index (χ4v) is 1.97. The molecule has 0 bridgehead atoms. The summed E-state index contributed by atoms with van der Waals surface area (Å²) in [7, 11) is 0.110. The molecule has 0 aliphatic carbocycles. The van der Waals surface area contributed by atoms with Crippen molar-refractivity contribution in [2.75, 3.05) is 26.0 Å². The first-order valence-corrected chi connectivity index (χ1v) is 7.24. The van der Waals surface area contributed by atoms with E-state index < -0.39 is 10.0 Å². The fraction of sp³-hybridized carbons (Fsp3) is 0.231. The number of carbonyl (C=O) groups is 1. The van der Waals surface area contributed by atoms with Crippen LogP contribution in [-0.4, -0.2) is 46.6 Å². The minimum absolute atomic E-state index is 0.0358. The van der Waals surface area contributed by atoms with Crippen LogP contribution in [0.15, 0.2) is 45.7 Å². The van der Waals surface area contributed by atoms with E-state index in [0.29, 0.717) is 12.2 Å². The first-order valence-electron chi connectivity index (χ1n) is 5.80. The van der Waals surface area contributed by atoms with Crippen LogP contribution in [0.5, 0.6) is 0 Å². The molecule has 1 N–H and O–H groups in total. The summed E-state index contributed by atoms with van der Waals surface area (Å²) in [6.07, 6.45) is 3.16. The van der Waals surface area contributed by atoms with Crippen molar-refractivity contribution in [3.63, 3.8) is 0 Å². The second kappa shape index (κ2) is 6.97. The van der Waals surface area contributed by atoms with Gasteiger partial charge in [0.1, 0.15) is 0 Å². The van der Waals surface area contributed by atoms with Crippen molar-refractivity contribution >= 4 is 28.3 Å². The smallest absolute Gasteiger partial charge is 0.281 e. The third kappa shape index (κ3) is 4.94. The molecule has 0 saturated heterocycles. The Morgan fingerprint density at radius 1 is 1.35 bits per heavy atom. The molecule has 0 saturated carbocycles. The highest BCUT2D eigenvalue weighted by atomic mass is 32.2. The summed E-state index contributed by atoms with van der Waals surface area (Å²) in [6, 6.07) is 5.72. The highest BCUT2D eigenvalue weighted by Crippen LogP contribution is 2.15. The van der Waals surface area contributed by atoms with Crippen LogP contribution in [0, 0.1) is 0 Å². The lowest BCUT2D eigenvalue weighted by Gasteiger charge is -2.05. The molecule has 7 heteroatoms. The number of hydrogen-bond donors (Lipinski definition) is 1. The van der Waals surface area contributed by atoms with E-state index in [9.17, 15) is 13.2 Å². The molecule has 0 radical (unpaired) electrons. The number of nitrogens with zero attached hydrogens (tertiary/aromatic N) is 2. The van der Waals surface area contributed by atoms with E-state index in [-0.39, 0.29) is 10.8 Å². The fourth-order valence-electron chi connectivity index (χ4n) is 1.34. The zero-order chi connectivity index (χ0) is 15.2. The second-order valence-electron chi connectivity index (χ2n) is 4.28. The first-order chi connectivity index (χ1) is 9.35. The number of amides is 1. The number of hydrogen-bond acceptors (Lipinski definition) is 4. The molecular weight excluding hydrogens is 278 g/mol. The van der Waals surface area contributed by atoms with E-state index in [1.54, 1.807) is 6.08 Å². The third-order valence-electron chi connectivity index (χ3n) is 2.33. The number of anilines is 1. The highest BCUT2D eigenvalue weighted by Gasteiger charge is 2.10. The maximum Gasteiger partial charge on any atom is 0.281 e. The van der Waals surface area contributed by atoms with Crippen LogP contribution in [-0.2, 0) is 14.8 Å². The van der Waals surface area contributed by atoms with Gasteiger partial charge in [-0.25, -0.2) is 0 Å². The molecule has 1 aromatic carbocycles. The SMILES string of the molecule is C=NS(=O)(=O)c1ccc(NC(=O)/C=C/CN(C)C)cc1. The molecule has 0 aliphatic heterocycles. The number of sulfonamides is 1. The van der Waals surface area contributed by atoms with Crippen molar-refractivity contribution in [1.82, 2.24) is 4.90 Å². The summed E-state index contributed by atoms with van der Waals surface area (Å²) in [5.41, 5.74) is 0.507. The van der Waals surface area contributed by atoms with E-state index in [2.05, 4.69) is 16.4 Å². The van der Waals surface area contributed by atoms with Crippen molar-refractivity contribution in [2.45, 2.75) is 4.90 Å². The molecule has 6 nitrogen and oxygen atoms in total. The average Bonchev–Trinajstić information content (AvgIpc) is 2.39. The predicted molar refractivity (Wildman–Crippen MR) is 79.5 cm³/mol. The first kappa shape index (κ1) is 16.1. The van der Waals surface area contributed by atoms with Gasteiger partial charge in [0.25, 0.3) is 10.0 Å². The number of rotatable bonds is 6. The number of likely N-dealkylation sites (N-methyl/N-ethyl adjacent to an activating group) is 1. The Morgan fingerprint density at radius 2 is 1.95 bits per heavy atom. The maximum absolute atomic E-state index is 11.6. The van der Waals surface area contributed by atoms with Gasteiger partial charge in [-0.15, -0.1) is 0 Å². The Morgan fingerprint density at radius 3 is 2.45 bits per heavy atom. The molecule has 0 fully saturated rings. The van der Waals surface area contributed by atoms with Gasteiger partial charge >= 0.3 is 0 Å². The molecule has 0 heterocycles. The summed E-state index contributed by atoms with van der Waals surface area (Å²) in [5, 5.41) is 2.63. The summed E-state index contributed by atoms with van der Waals surface area (Å²) in [5.74, 6) is -0.274. The molecule has 20 heavy (non-hydrogen) atoms. The normalized spacial score (nSPS) is 11.8. The molecule has 1 rings (SSSR count). The van der Waals surface area contributed by atoms with Gasteiger partial charge in [-0.05, 0) is 38.4 Å². The number of nitrogens with one attached hydrogen (secondary N) is 1. The minimum Gasteiger partial charge on any atom is -0.323 e. The molecule has 1 amide bonds. The molecule has 0 atom stereocenters. The second-order valence-corrected chi connectivity index (χ2v) is 5.96. The number of carbonyl (C=O) groups excluding carboxylic acids is 1. The summed E-state index contributed by atoms with van der Waals surface area (Å²) in [4.78, 5) is 13.5. The third-order valence-corrected chi connectivity index (χ3v) is 3.54. The van der Waals surface area contributed by atoms with Gasteiger partial charge in [0, 0.05) is 25.0 Å². The van der Waals surface area contributed by atoms with E-state index in [0.717, 1.165) is 0 Å². The van der Waals surface area contributed by atoms with Gasteiger partial charge in [0.2, 0.25) is 5.91 Å². The van der Waals surface area contributed by atoms with Crippen LogP contribution < -0.4 is 5.32 Å². The molecule has 0 unspecified atom stereocenters. The van der Waals surface area contributed by atoms with Gasteiger partial charge in [-0.2, -0.15) is 12.8 Å². The predicted octanol–water partition coefficient (Wildman–Crippen LogP) is 1.13. The molecule has 0 spiro atoms. The lowest BCUT2D eigenvalue weighted by atomic mass is 10.3. The number of benzene rings is 1. The molecule has 1 aromatic rings. The van der Waals surface area contributed by atoms with Crippen molar-refractivity contribution in [2.24, 2.45) is 4.40 Å². The van der Waals surface area contributed by atoms with Gasteiger partial charge in [0.05, 0.1) is 4.90 Å². The van der Waals surface area contributed by atoms with Crippen molar-refractivity contribution < 1.29 is 13.2 Å². The molecule has 0 aliphatic rings. The summed E-state index contributed by atoms with van der Waals surface area (Å²) < 4.78 is 25.9. The van der Waals surface area contributed by atoms with E-state index in [4.69, 9.17) is 0 Å². The standard InChI is InChI=1S/C13H17N3O3S/c1-14-20(18,19)12-8-6-11(7-9-12)15-13(17)5-4-10-16(2)3/h4-9H,1,10H2,2-3H3,(H,15,17)/b5-4+. The molecular formula is C13H17N3O3S. The van der Waals surface area contributed by atoms with Gasteiger partial charge in [-0.1, -0.05) is 6.08 Å². The van der Waals surface area contributed by atoms with Crippen LogP contribution in [0.1, 0.15) is 0 Å². The Kier molecular flexibility index (Phi) is 5.60. The Bertz CT molecular complexity index is 604. The lowest BCUT2D eigenvalue weighted by molar-refractivity contribution is -0.111. The van der Waals surface area contributed by atoms with Crippen LogP contribution in [0.3, 0.4) is 0 Å². The summed E-state index contributed by atoms with van der Waals surface area (Å²) >= 11 is 0. The van der Waals surface area contributed by atoms with E-state index >= 15 is 0 Å². The zero-order valence-electron chi connectivity index (χ0n) is 11.4. The lowest BCUT2D eigenvalue weighted by Crippen LogP contribution is -2.12. The average molecular weight is 295 g/mol. The van der Waals surface area contributed by atoms with Crippen molar-refractivity contribution in [1.29, 1.82) is 0 Å². The maximum atomic E-state index is 11.6. The van der Waals surface area contributed by atoms with Crippen molar-refractivity contribution in [3.05, 3.63) is 36.4 Å². The zero-order valence-corrected chi connectivity index (χ0v) is 12.2. The molecule has 108 valence electrons. The van der Waals surface area contributed by atoms with Crippen LogP contribution in [0.25, 0.3) is 0 Å². The van der Waals surface area contributed by atoms with Gasteiger partial charge < -0.3 is 10.2 Å². The van der Waals surface area contributed by atoms with E-state index in [1.807, 2.05) is 19.0 Å².